The zero-order chi connectivity index (χ0) is 18.3. The van der Waals surface area contributed by atoms with E-state index >= 15 is 0 Å². The maximum atomic E-state index is 12.4. The Kier molecular flexibility index (Phi) is 4.87. The van der Waals surface area contributed by atoms with Crippen LogP contribution in [0.5, 0.6) is 0 Å². The van der Waals surface area contributed by atoms with Crippen LogP contribution in [0.3, 0.4) is 0 Å². The average molecular weight is 356 g/mol. The van der Waals surface area contributed by atoms with Crippen molar-refractivity contribution in [1.82, 2.24) is 0 Å². The van der Waals surface area contributed by atoms with Crippen molar-refractivity contribution in [2.45, 2.75) is 32.6 Å². The smallest absolute Gasteiger partial charge is 0.338 e. The number of methoxy groups -OCH3 is 1. The van der Waals surface area contributed by atoms with E-state index in [1.807, 2.05) is 0 Å². The fourth-order valence-corrected chi connectivity index (χ4v) is 6.09. The summed E-state index contributed by atoms with van der Waals surface area (Å²) in [6, 6.07) is 6.75. The van der Waals surface area contributed by atoms with Gasteiger partial charge in [-0.3, -0.25) is 4.79 Å². The summed E-state index contributed by atoms with van der Waals surface area (Å²) in [7, 11) is 1.80. The number of carbonyl (C=O) groups excluding carboxylic acids is 2. The lowest BCUT2D eigenvalue weighted by Crippen LogP contribution is -2.32. The Morgan fingerprint density at radius 1 is 0.962 bits per heavy atom. The van der Waals surface area contributed by atoms with Crippen LogP contribution in [0.15, 0.2) is 24.3 Å². The Bertz CT molecular complexity index is 680. The fraction of sp³-hybridized carbons (Fsp3) is 0.636. The molecule has 4 heteroatoms. The Hall–Kier alpha value is -1.68. The molecule has 0 N–H and O–H groups in total. The van der Waals surface area contributed by atoms with Gasteiger partial charge in [-0.05, 0) is 80.2 Å². The van der Waals surface area contributed by atoms with Gasteiger partial charge in [0.2, 0.25) is 0 Å². The van der Waals surface area contributed by atoms with Gasteiger partial charge >= 0.3 is 5.97 Å². The highest BCUT2D eigenvalue weighted by molar-refractivity contribution is 5.96. The number of Topliss-reactive ketones (excluding diaryl/α,β-unsaturated/α-hetero) is 1. The van der Waals surface area contributed by atoms with Crippen LogP contribution in [-0.2, 0) is 9.47 Å². The number of hydrogen-bond acceptors (Lipinski definition) is 4. The summed E-state index contributed by atoms with van der Waals surface area (Å²) in [5.74, 6) is 4.09. The molecule has 4 nitrogen and oxygen atoms in total. The third kappa shape index (κ3) is 3.09. The van der Waals surface area contributed by atoms with Crippen LogP contribution in [0.1, 0.15) is 53.3 Å². The molecule has 4 rings (SSSR count). The van der Waals surface area contributed by atoms with Crippen molar-refractivity contribution in [3.05, 3.63) is 35.4 Å². The van der Waals surface area contributed by atoms with Crippen LogP contribution in [0, 0.1) is 35.5 Å². The fourth-order valence-electron chi connectivity index (χ4n) is 6.09. The zero-order valence-corrected chi connectivity index (χ0v) is 15.6. The number of ether oxygens (including phenoxy) is 2. The largest absolute Gasteiger partial charge is 0.462 e. The molecule has 3 saturated carbocycles. The monoisotopic (exact) mass is 356 g/mol. The molecule has 1 aromatic carbocycles. The molecule has 2 bridgehead atoms. The number of rotatable bonds is 6. The lowest BCUT2D eigenvalue weighted by molar-refractivity contribution is 0.0281. The Morgan fingerprint density at radius 3 is 2.38 bits per heavy atom. The first-order valence-corrected chi connectivity index (χ1v) is 9.85. The first-order valence-electron chi connectivity index (χ1n) is 9.85. The SMILES string of the molecule is COCC1CC2CC1C1C(COC(=O)c3ccc(C(C)=O)cc3)CCC21. The molecule has 3 aliphatic rings. The van der Waals surface area contributed by atoms with E-state index in [-0.39, 0.29) is 11.8 Å². The van der Waals surface area contributed by atoms with Gasteiger partial charge in [-0.25, -0.2) is 4.79 Å². The zero-order valence-electron chi connectivity index (χ0n) is 15.6. The molecule has 3 aliphatic carbocycles. The van der Waals surface area contributed by atoms with Gasteiger partial charge in [0.25, 0.3) is 0 Å². The van der Waals surface area contributed by atoms with Gasteiger partial charge in [0.05, 0.1) is 12.2 Å². The van der Waals surface area contributed by atoms with Gasteiger partial charge in [0.15, 0.2) is 5.78 Å². The van der Waals surface area contributed by atoms with E-state index in [1.165, 1.54) is 32.6 Å². The van der Waals surface area contributed by atoms with Gasteiger partial charge in [0.1, 0.15) is 0 Å². The number of ketones is 1. The molecule has 1 aromatic rings. The second kappa shape index (κ2) is 7.15. The molecular formula is C22H28O4. The number of hydrogen-bond donors (Lipinski definition) is 0. The van der Waals surface area contributed by atoms with E-state index in [9.17, 15) is 9.59 Å². The molecule has 0 heterocycles. The van der Waals surface area contributed by atoms with Crippen molar-refractivity contribution < 1.29 is 19.1 Å². The highest BCUT2D eigenvalue weighted by atomic mass is 16.5. The van der Waals surface area contributed by atoms with Crippen molar-refractivity contribution in [2.75, 3.05) is 20.3 Å². The van der Waals surface area contributed by atoms with Crippen LogP contribution >= 0.6 is 0 Å². The van der Waals surface area contributed by atoms with E-state index in [2.05, 4.69) is 0 Å². The van der Waals surface area contributed by atoms with Gasteiger partial charge in [-0.2, -0.15) is 0 Å². The topological polar surface area (TPSA) is 52.6 Å². The summed E-state index contributed by atoms with van der Waals surface area (Å²) in [5.41, 5.74) is 1.14. The van der Waals surface area contributed by atoms with Crippen molar-refractivity contribution in [3.63, 3.8) is 0 Å². The third-order valence-corrected chi connectivity index (χ3v) is 7.13. The normalized spacial score (nSPS) is 34.7. The summed E-state index contributed by atoms with van der Waals surface area (Å²) in [4.78, 5) is 23.7. The summed E-state index contributed by atoms with van der Waals surface area (Å²) >= 11 is 0. The second-order valence-corrected chi connectivity index (χ2v) is 8.42. The molecule has 6 unspecified atom stereocenters. The van der Waals surface area contributed by atoms with E-state index in [0.29, 0.717) is 35.5 Å². The summed E-state index contributed by atoms with van der Waals surface area (Å²) in [6.07, 6.45) is 5.15. The Balaban J connectivity index is 1.36. The summed E-state index contributed by atoms with van der Waals surface area (Å²) in [5, 5.41) is 0. The minimum atomic E-state index is -0.278. The van der Waals surface area contributed by atoms with E-state index in [1.54, 1.807) is 31.4 Å². The molecule has 26 heavy (non-hydrogen) atoms. The van der Waals surface area contributed by atoms with E-state index < -0.39 is 0 Å². The van der Waals surface area contributed by atoms with Crippen molar-refractivity contribution >= 4 is 11.8 Å². The Morgan fingerprint density at radius 2 is 1.69 bits per heavy atom. The molecular weight excluding hydrogens is 328 g/mol. The van der Waals surface area contributed by atoms with Gasteiger partial charge < -0.3 is 9.47 Å². The van der Waals surface area contributed by atoms with Crippen molar-refractivity contribution in [2.24, 2.45) is 35.5 Å². The standard InChI is InChI=1S/C22H28O4/c1-13(23)14-3-5-15(6-4-14)22(24)26-12-16-7-8-19-17-9-18(11-25-2)20(10-17)21(16)19/h3-6,16-21H,7-12H2,1-2H3. The molecule has 0 saturated heterocycles. The second-order valence-electron chi connectivity index (χ2n) is 8.42. The van der Waals surface area contributed by atoms with Crippen LogP contribution in [0.25, 0.3) is 0 Å². The average Bonchev–Trinajstić information content (AvgIpc) is 3.32. The van der Waals surface area contributed by atoms with Crippen LogP contribution in [0.2, 0.25) is 0 Å². The lowest BCUT2D eigenvalue weighted by atomic mass is 9.73. The van der Waals surface area contributed by atoms with Gasteiger partial charge in [0, 0.05) is 19.3 Å². The molecule has 0 aliphatic heterocycles. The molecule has 0 spiro atoms. The van der Waals surface area contributed by atoms with Crippen LogP contribution in [-0.4, -0.2) is 32.1 Å². The number of fused-ring (bicyclic) bond motifs is 5. The molecule has 6 atom stereocenters. The van der Waals surface area contributed by atoms with Crippen LogP contribution in [0.4, 0.5) is 0 Å². The first kappa shape index (κ1) is 17.7. The molecule has 140 valence electrons. The number of benzene rings is 1. The third-order valence-electron chi connectivity index (χ3n) is 7.13. The predicted molar refractivity (Wildman–Crippen MR) is 98.0 cm³/mol. The Labute approximate surface area is 155 Å². The first-order chi connectivity index (χ1) is 12.6. The lowest BCUT2D eigenvalue weighted by Gasteiger charge is -2.34. The molecule has 0 aromatic heterocycles. The van der Waals surface area contributed by atoms with Gasteiger partial charge in [-0.15, -0.1) is 0 Å². The number of esters is 1. The summed E-state index contributed by atoms with van der Waals surface area (Å²) in [6.45, 7) is 2.92. The minimum Gasteiger partial charge on any atom is -0.462 e. The summed E-state index contributed by atoms with van der Waals surface area (Å²) < 4.78 is 11.1. The number of carbonyl (C=O) groups is 2. The van der Waals surface area contributed by atoms with Crippen LogP contribution < -0.4 is 0 Å². The molecule has 0 radical (unpaired) electrons. The predicted octanol–water partition coefficient (Wildman–Crippen LogP) is 3.99. The van der Waals surface area contributed by atoms with E-state index in [0.717, 1.165) is 24.4 Å². The maximum Gasteiger partial charge on any atom is 0.338 e. The molecule has 0 amide bonds. The quantitative estimate of drug-likeness (QED) is 0.571. The van der Waals surface area contributed by atoms with E-state index in [4.69, 9.17) is 9.47 Å². The van der Waals surface area contributed by atoms with Crippen molar-refractivity contribution in [3.8, 4) is 0 Å². The highest BCUT2D eigenvalue weighted by Gasteiger charge is 2.57. The highest BCUT2D eigenvalue weighted by Crippen LogP contribution is 2.62. The minimum absolute atomic E-state index is 0.00353. The van der Waals surface area contributed by atoms with Gasteiger partial charge in [-0.1, -0.05) is 12.1 Å². The maximum absolute atomic E-state index is 12.4. The molecule has 3 fully saturated rings. The van der Waals surface area contributed by atoms with Crippen molar-refractivity contribution in [1.29, 1.82) is 0 Å².